The topological polar surface area (TPSA) is 63.4 Å². The highest BCUT2D eigenvalue weighted by Crippen LogP contribution is 2.11. The van der Waals surface area contributed by atoms with E-state index in [0.29, 0.717) is 12.1 Å². The molecule has 0 saturated carbocycles. The smallest absolute Gasteiger partial charge is 0.248 e. The monoisotopic (exact) mass is 312 g/mol. The fourth-order valence-corrected chi connectivity index (χ4v) is 1.89. The van der Waals surface area contributed by atoms with Gasteiger partial charge in [0.25, 0.3) is 0 Å². The molecule has 1 unspecified atom stereocenters. The van der Waals surface area contributed by atoms with Crippen molar-refractivity contribution in [3.05, 3.63) is 35.4 Å². The second-order valence-corrected chi connectivity index (χ2v) is 5.24. The Kier molecular flexibility index (Phi) is 5.34. The molecule has 0 aliphatic heterocycles. The summed E-state index contributed by atoms with van der Waals surface area (Å²) in [6, 6.07) is 6.95. The van der Waals surface area contributed by atoms with Gasteiger partial charge in [-0.25, -0.2) is 0 Å². The predicted octanol–water partition coefficient (Wildman–Crippen LogP) is 1.92. The number of amides is 2. The van der Waals surface area contributed by atoms with Gasteiger partial charge < -0.3 is 10.6 Å². The average Bonchev–Trinajstić information content (AvgIpc) is 2.37. The minimum Gasteiger partial charge on any atom is -0.366 e. The number of alkyl halides is 1. The maximum Gasteiger partial charge on any atom is 0.248 e. The molecule has 0 radical (unpaired) electrons. The zero-order chi connectivity index (χ0) is 13.7. The molecule has 2 amide bonds. The molecule has 0 saturated heterocycles. The van der Waals surface area contributed by atoms with Gasteiger partial charge >= 0.3 is 0 Å². The van der Waals surface area contributed by atoms with Crippen LogP contribution in [0.5, 0.6) is 0 Å². The standard InChI is InChI=1S/C13H17BrN2O2/c1-3-11(14)13(18)16(2)8-9-4-6-10(7-5-9)12(15)17/h4-7,11H,3,8H2,1-2H3,(H2,15,17). The van der Waals surface area contributed by atoms with Gasteiger partial charge in [-0.15, -0.1) is 0 Å². The minimum atomic E-state index is -0.447. The van der Waals surface area contributed by atoms with Gasteiger partial charge in [0.15, 0.2) is 0 Å². The van der Waals surface area contributed by atoms with Gasteiger partial charge in [0.2, 0.25) is 11.8 Å². The highest BCUT2D eigenvalue weighted by molar-refractivity contribution is 9.10. The summed E-state index contributed by atoms with van der Waals surface area (Å²) in [6.07, 6.45) is 0.754. The molecule has 0 heterocycles. The number of hydrogen-bond acceptors (Lipinski definition) is 2. The summed E-state index contributed by atoms with van der Waals surface area (Å²) < 4.78 is 0. The Morgan fingerprint density at radius 2 is 1.89 bits per heavy atom. The summed E-state index contributed by atoms with van der Waals surface area (Å²) in [4.78, 5) is 24.3. The van der Waals surface area contributed by atoms with E-state index in [-0.39, 0.29) is 10.7 Å². The van der Waals surface area contributed by atoms with Crippen molar-refractivity contribution in [1.82, 2.24) is 4.90 Å². The number of carbonyl (C=O) groups is 2. The van der Waals surface area contributed by atoms with Gasteiger partial charge in [-0.2, -0.15) is 0 Å². The molecule has 1 rings (SSSR count). The zero-order valence-electron chi connectivity index (χ0n) is 10.5. The van der Waals surface area contributed by atoms with Crippen LogP contribution in [0.25, 0.3) is 0 Å². The van der Waals surface area contributed by atoms with Gasteiger partial charge in [-0.1, -0.05) is 35.0 Å². The lowest BCUT2D eigenvalue weighted by Gasteiger charge is -2.20. The van der Waals surface area contributed by atoms with Crippen LogP contribution in [0.15, 0.2) is 24.3 Å². The largest absolute Gasteiger partial charge is 0.366 e. The first kappa shape index (κ1) is 14.7. The number of primary amides is 1. The van der Waals surface area contributed by atoms with Crippen LogP contribution in [0.3, 0.4) is 0 Å². The number of halogens is 1. The molecular weight excluding hydrogens is 296 g/mol. The van der Waals surface area contributed by atoms with Gasteiger partial charge in [-0.3, -0.25) is 9.59 Å². The van der Waals surface area contributed by atoms with Crippen LogP contribution in [0.2, 0.25) is 0 Å². The molecule has 0 bridgehead atoms. The number of carbonyl (C=O) groups excluding carboxylic acids is 2. The van der Waals surface area contributed by atoms with Crippen LogP contribution >= 0.6 is 15.9 Å². The molecule has 4 nitrogen and oxygen atoms in total. The summed E-state index contributed by atoms with van der Waals surface area (Å²) in [7, 11) is 1.76. The first-order valence-electron chi connectivity index (χ1n) is 5.73. The van der Waals surface area contributed by atoms with E-state index in [2.05, 4.69) is 15.9 Å². The third-order valence-corrected chi connectivity index (χ3v) is 3.70. The number of hydrogen-bond donors (Lipinski definition) is 1. The van der Waals surface area contributed by atoms with E-state index in [1.54, 1.807) is 36.2 Å². The Morgan fingerprint density at radius 3 is 2.33 bits per heavy atom. The van der Waals surface area contributed by atoms with Crippen LogP contribution in [-0.4, -0.2) is 28.6 Å². The summed E-state index contributed by atoms with van der Waals surface area (Å²) >= 11 is 3.33. The van der Waals surface area contributed by atoms with Crippen molar-refractivity contribution >= 4 is 27.7 Å². The zero-order valence-corrected chi connectivity index (χ0v) is 12.1. The quantitative estimate of drug-likeness (QED) is 0.844. The SMILES string of the molecule is CCC(Br)C(=O)N(C)Cc1ccc(C(N)=O)cc1. The molecule has 1 aromatic carbocycles. The number of nitrogens with two attached hydrogens (primary N) is 1. The van der Waals surface area contributed by atoms with Gasteiger partial charge in [0.05, 0.1) is 4.83 Å². The van der Waals surface area contributed by atoms with Gasteiger partial charge in [-0.05, 0) is 24.1 Å². The van der Waals surface area contributed by atoms with Crippen LogP contribution in [0.4, 0.5) is 0 Å². The highest BCUT2D eigenvalue weighted by atomic mass is 79.9. The fraction of sp³-hybridized carbons (Fsp3) is 0.385. The Bertz CT molecular complexity index is 431. The fourth-order valence-electron chi connectivity index (χ4n) is 1.54. The second kappa shape index (κ2) is 6.54. The first-order valence-corrected chi connectivity index (χ1v) is 6.65. The van der Waals surface area contributed by atoms with E-state index < -0.39 is 5.91 Å². The lowest BCUT2D eigenvalue weighted by Crippen LogP contribution is -2.32. The van der Waals surface area contributed by atoms with Crippen molar-refractivity contribution < 1.29 is 9.59 Å². The second-order valence-electron chi connectivity index (χ2n) is 4.13. The lowest BCUT2D eigenvalue weighted by atomic mass is 10.1. The summed E-state index contributed by atoms with van der Waals surface area (Å²) in [6.45, 7) is 2.47. The molecule has 0 aromatic heterocycles. The van der Waals surface area contributed by atoms with Crippen molar-refractivity contribution in [1.29, 1.82) is 0 Å². The average molecular weight is 313 g/mol. The van der Waals surface area contributed by atoms with E-state index in [0.717, 1.165) is 12.0 Å². The van der Waals surface area contributed by atoms with Crippen molar-refractivity contribution in [2.45, 2.75) is 24.7 Å². The molecule has 0 spiro atoms. The maximum absolute atomic E-state index is 11.9. The van der Waals surface area contributed by atoms with E-state index in [1.165, 1.54) is 0 Å². The van der Waals surface area contributed by atoms with Crippen molar-refractivity contribution in [2.24, 2.45) is 5.73 Å². The number of nitrogens with zero attached hydrogens (tertiary/aromatic N) is 1. The van der Waals surface area contributed by atoms with Gasteiger partial charge in [0, 0.05) is 19.2 Å². The molecule has 0 aliphatic carbocycles. The van der Waals surface area contributed by atoms with E-state index in [1.807, 2.05) is 6.92 Å². The molecule has 1 atom stereocenters. The summed E-state index contributed by atoms with van der Waals surface area (Å²) in [5.41, 5.74) is 6.60. The van der Waals surface area contributed by atoms with Gasteiger partial charge in [0.1, 0.15) is 0 Å². The molecule has 98 valence electrons. The minimum absolute atomic E-state index is 0.0523. The third-order valence-electron chi connectivity index (χ3n) is 2.66. The predicted molar refractivity (Wildman–Crippen MR) is 74.4 cm³/mol. The van der Waals surface area contributed by atoms with E-state index >= 15 is 0 Å². The maximum atomic E-state index is 11.9. The molecular formula is C13H17BrN2O2. The highest BCUT2D eigenvalue weighted by Gasteiger charge is 2.17. The summed E-state index contributed by atoms with van der Waals surface area (Å²) in [5, 5.41) is 0. The number of rotatable bonds is 5. The Hall–Kier alpha value is -1.36. The Labute approximate surface area is 115 Å². The first-order chi connectivity index (χ1) is 8.45. The summed E-state index contributed by atoms with van der Waals surface area (Å²) in [5.74, 6) is -0.394. The molecule has 1 aromatic rings. The molecule has 2 N–H and O–H groups in total. The Morgan fingerprint density at radius 1 is 1.33 bits per heavy atom. The number of benzene rings is 1. The van der Waals surface area contributed by atoms with Crippen molar-refractivity contribution in [2.75, 3.05) is 7.05 Å². The van der Waals surface area contributed by atoms with Crippen LogP contribution < -0.4 is 5.73 Å². The molecule has 0 aliphatic rings. The third kappa shape index (κ3) is 3.84. The van der Waals surface area contributed by atoms with Crippen molar-refractivity contribution in [3.8, 4) is 0 Å². The normalized spacial score (nSPS) is 11.9. The van der Waals surface area contributed by atoms with Crippen LogP contribution in [0.1, 0.15) is 29.3 Å². The van der Waals surface area contributed by atoms with E-state index in [4.69, 9.17) is 5.73 Å². The molecule has 0 fully saturated rings. The Balaban J connectivity index is 2.67. The van der Waals surface area contributed by atoms with Crippen molar-refractivity contribution in [3.63, 3.8) is 0 Å². The molecule has 5 heteroatoms. The van der Waals surface area contributed by atoms with E-state index in [9.17, 15) is 9.59 Å². The van der Waals surface area contributed by atoms with Crippen LogP contribution in [0, 0.1) is 0 Å². The van der Waals surface area contributed by atoms with Crippen LogP contribution in [-0.2, 0) is 11.3 Å². The molecule has 18 heavy (non-hydrogen) atoms. The lowest BCUT2D eigenvalue weighted by molar-refractivity contribution is -0.129.